The van der Waals surface area contributed by atoms with Gasteiger partial charge in [0, 0.05) is 24.1 Å². The van der Waals surface area contributed by atoms with Crippen molar-refractivity contribution in [3.05, 3.63) is 29.3 Å². The fraction of sp³-hybridized carbons (Fsp3) is 0.680. The van der Waals surface area contributed by atoms with E-state index in [1.807, 2.05) is 20.9 Å². The van der Waals surface area contributed by atoms with E-state index in [0.29, 0.717) is 47.5 Å². The Morgan fingerprint density at radius 3 is 2.48 bits per heavy atom. The molecule has 0 radical (unpaired) electrons. The third kappa shape index (κ3) is 5.66. The minimum absolute atomic E-state index is 0.0625. The summed E-state index contributed by atoms with van der Waals surface area (Å²) >= 11 is 0. The van der Waals surface area contributed by atoms with Crippen molar-refractivity contribution in [1.82, 2.24) is 5.32 Å². The standard InChI is InChI=1S/C25H37NO5/c1-5-17(2)23(27)22-12-19(8-9-21(22)24(28)29-4)30-10-6-7-11-31-20-15-25(16-20)13-18(14-25)26-3/h8-9,12,17-18,20,26H,5-7,10-11,13-16H2,1-4H3. The zero-order chi connectivity index (χ0) is 22.4. The summed E-state index contributed by atoms with van der Waals surface area (Å²) in [6, 6.07) is 5.72. The number of unbranched alkanes of at least 4 members (excludes halogenated alkanes) is 1. The fourth-order valence-corrected chi connectivity index (χ4v) is 4.75. The van der Waals surface area contributed by atoms with E-state index < -0.39 is 5.97 Å². The Kier molecular flexibility index (Phi) is 8.11. The highest BCUT2D eigenvalue weighted by Crippen LogP contribution is 2.56. The average Bonchev–Trinajstić information content (AvgIpc) is 2.74. The number of rotatable bonds is 12. The van der Waals surface area contributed by atoms with E-state index >= 15 is 0 Å². The third-order valence-electron chi connectivity index (χ3n) is 6.97. The van der Waals surface area contributed by atoms with E-state index in [1.54, 1.807) is 18.2 Å². The number of ketones is 1. The number of ether oxygens (including phenoxy) is 3. The third-order valence-corrected chi connectivity index (χ3v) is 6.97. The van der Waals surface area contributed by atoms with Gasteiger partial charge in [0.05, 0.1) is 25.4 Å². The van der Waals surface area contributed by atoms with Gasteiger partial charge in [0.15, 0.2) is 5.78 Å². The molecule has 0 heterocycles. The van der Waals surface area contributed by atoms with Crippen LogP contribution in [0.2, 0.25) is 0 Å². The molecule has 31 heavy (non-hydrogen) atoms. The molecule has 1 spiro atoms. The summed E-state index contributed by atoms with van der Waals surface area (Å²) in [5.74, 6) is -0.125. The second kappa shape index (κ2) is 10.6. The van der Waals surface area contributed by atoms with Gasteiger partial charge >= 0.3 is 5.97 Å². The van der Waals surface area contributed by atoms with E-state index in [4.69, 9.17) is 14.2 Å². The highest BCUT2D eigenvalue weighted by Gasteiger charge is 2.52. The van der Waals surface area contributed by atoms with Gasteiger partial charge in [-0.1, -0.05) is 13.8 Å². The van der Waals surface area contributed by atoms with Crippen LogP contribution in [0.4, 0.5) is 0 Å². The zero-order valence-electron chi connectivity index (χ0n) is 19.4. The molecule has 172 valence electrons. The van der Waals surface area contributed by atoms with Crippen LogP contribution in [0.1, 0.15) is 79.5 Å². The van der Waals surface area contributed by atoms with E-state index in [2.05, 4.69) is 5.32 Å². The van der Waals surface area contributed by atoms with Gasteiger partial charge in [-0.05, 0) is 75.6 Å². The molecular formula is C25H37NO5. The molecule has 6 heteroatoms. The van der Waals surface area contributed by atoms with Gasteiger partial charge in [-0.2, -0.15) is 0 Å². The molecule has 1 unspecified atom stereocenters. The van der Waals surface area contributed by atoms with Crippen LogP contribution in [0.15, 0.2) is 18.2 Å². The molecule has 0 saturated heterocycles. The lowest BCUT2D eigenvalue weighted by Crippen LogP contribution is -2.56. The Labute approximate surface area is 186 Å². The first-order valence-corrected chi connectivity index (χ1v) is 11.6. The Bertz CT molecular complexity index is 763. The molecule has 0 amide bonds. The van der Waals surface area contributed by atoms with Crippen LogP contribution >= 0.6 is 0 Å². The Morgan fingerprint density at radius 1 is 1.13 bits per heavy atom. The summed E-state index contributed by atoms with van der Waals surface area (Å²) < 4.78 is 16.7. The maximum absolute atomic E-state index is 12.7. The Hall–Kier alpha value is -1.92. The van der Waals surface area contributed by atoms with Gasteiger partial charge in [-0.15, -0.1) is 0 Å². The van der Waals surface area contributed by atoms with Gasteiger partial charge < -0.3 is 19.5 Å². The molecule has 2 fully saturated rings. The number of hydrogen-bond acceptors (Lipinski definition) is 6. The first-order chi connectivity index (χ1) is 14.9. The molecule has 1 atom stereocenters. The summed E-state index contributed by atoms with van der Waals surface area (Å²) in [4.78, 5) is 24.7. The number of methoxy groups -OCH3 is 1. The summed E-state index contributed by atoms with van der Waals surface area (Å²) in [7, 11) is 3.37. The molecule has 0 aliphatic heterocycles. The summed E-state index contributed by atoms with van der Waals surface area (Å²) in [5.41, 5.74) is 1.24. The van der Waals surface area contributed by atoms with Crippen molar-refractivity contribution in [2.75, 3.05) is 27.4 Å². The molecule has 0 aromatic heterocycles. The van der Waals surface area contributed by atoms with Gasteiger partial charge in [0.1, 0.15) is 5.75 Å². The summed E-state index contributed by atoms with van der Waals surface area (Å²) in [6.07, 6.45) is 7.99. The van der Waals surface area contributed by atoms with Crippen molar-refractivity contribution in [3.63, 3.8) is 0 Å². The molecule has 0 bridgehead atoms. The highest BCUT2D eigenvalue weighted by atomic mass is 16.5. The minimum Gasteiger partial charge on any atom is -0.494 e. The molecule has 6 nitrogen and oxygen atoms in total. The van der Waals surface area contributed by atoms with Gasteiger partial charge in [-0.25, -0.2) is 4.79 Å². The Balaban J connectivity index is 1.39. The molecule has 1 aromatic rings. The van der Waals surface area contributed by atoms with E-state index in [9.17, 15) is 9.59 Å². The number of Topliss-reactive ketones (excluding diaryl/α,β-unsaturated/α-hetero) is 1. The van der Waals surface area contributed by atoms with Gasteiger partial charge in [0.2, 0.25) is 0 Å². The predicted octanol–water partition coefficient (Wildman–Crippen LogP) is 4.41. The first-order valence-electron chi connectivity index (χ1n) is 11.6. The number of carbonyl (C=O) groups is 2. The van der Waals surface area contributed by atoms with Crippen LogP contribution in [0.5, 0.6) is 5.75 Å². The zero-order valence-corrected chi connectivity index (χ0v) is 19.4. The average molecular weight is 432 g/mol. The molecule has 1 N–H and O–H groups in total. The van der Waals surface area contributed by atoms with Gasteiger partial charge in [-0.3, -0.25) is 4.79 Å². The first kappa shape index (κ1) is 23.7. The topological polar surface area (TPSA) is 73.9 Å². The van der Waals surface area contributed by atoms with Crippen molar-refractivity contribution >= 4 is 11.8 Å². The van der Waals surface area contributed by atoms with Crippen molar-refractivity contribution < 1.29 is 23.8 Å². The molecular weight excluding hydrogens is 394 g/mol. The van der Waals surface area contributed by atoms with Crippen molar-refractivity contribution in [1.29, 1.82) is 0 Å². The quantitative estimate of drug-likeness (QED) is 0.300. The van der Waals surface area contributed by atoms with Crippen LogP contribution in [-0.2, 0) is 9.47 Å². The molecule has 2 saturated carbocycles. The number of benzene rings is 1. The van der Waals surface area contributed by atoms with Crippen LogP contribution in [-0.4, -0.2) is 51.3 Å². The summed E-state index contributed by atoms with van der Waals surface area (Å²) in [5, 5.41) is 3.35. The van der Waals surface area contributed by atoms with Crippen molar-refractivity contribution in [3.8, 4) is 5.75 Å². The Morgan fingerprint density at radius 2 is 1.84 bits per heavy atom. The largest absolute Gasteiger partial charge is 0.494 e. The van der Waals surface area contributed by atoms with E-state index in [-0.39, 0.29) is 11.7 Å². The molecule has 2 aliphatic rings. The maximum atomic E-state index is 12.7. The second-order valence-corrected chi connectivity index (χ2v) is 9.22. The number of nitrogens with one attached hydrogen (secondary N) is 1. The van der Waals surface area contributed by atoms with Gasteiger partial charge in [0.25, 0.3) is 0 Å². The number of esters is 1. The smallest absolute Gasteiger partial charge is 0.338 e. The number of carbonyl (C=O) groups excluding carboxylic acids is 2. The lowest BCUT2D eigenvalue weighted by atomic mass is 9.53. The predicted molar refractivity (Wildman–Crippen MR) is 120 cm³/mol. The van der Waals surface area contributed by atoms with Crippen LogP contribution in [0, 0.1) is 11.3 Å². The lowest BCUT2D eigenvalue weighted by molar-refractivity contribution is -0.127. The van der Waals surface area contributed by atoms with E-state index in [0.717, 1.165) is 19.4 Å². The maximum Gasteiger partial charge on any atom is 0.338 e. The molecule has 2 aliphatic carbocycles. The summed E-state index contributed by atoms with van der Waals surface area (Å²) in [6.45, 7) is 5.14. The second-order valence-electron chi connectivity index (χ2n) is 9.22. The lowest BCUT2D eigenvalue weighted by Gasteiger charge is -2.57. The van der Waals surface area contributed by atoms with Crippen LogP contribution in [0.3, 0.4) is 0 Å². The monoisotopic (exact) mass is 431 g/mol. The minimum atomic E-state index is -0.503. The molecule has 3 rings (SSSR count). The van der Waals surface area contributed by atoms with Crippen LogP contribution in [0.25, 0.3) is 0 Å². The van der Waals surface area contributed by atoms with Crippen molar-refractivity contribution in [2.45, 2.75) is 70.9 Å². The van der Waals surface area contributed by atoms with Crippen molar-refractivity contribution in [2.24, 2.45) is 11.3 Å². The normalized spacial score (nSPS) is 25.4. The number of hydrogen-bond donors (Lipinski definition) is 1. The SMILES string of the molecule is CCC(C)C(=O)c1cc(OCCCCOC2CC3(CC(NC)C3)C2)ccc1C(=O)OC. The van der Waals surface area contributed by atoms with Crippen LogP contribution < -0.4 is 10.1 Å². The molecule has 1 aromatic carbocycles. The van der Waals surface area contributed by atoms with E-state index in [1.165, 1.54) is 32.8 Å². The fourth-order valence-electron chi connectivity index (χ4n) is 4.75. The highest BCUT2D eigenvalue weighted by molar-refractivity contribution is 6.07.